The Balaban J connectivity index is 3.15. The summed E-state index contributed by atoms with van der Waals surface area (Å²) in [5.41, 5.74) is 5.25. The fraction of sp³-hybridized carbons (Fsp3) is 0.333. The van der Waals surface area contributed by atoms with Gasteiger partial charge in [0.05, 0.1) is 10.6 Å². The Kier molecular flexibility index (Phi) is 3.58. The van der Waals surface area contributed by atoms with Gasteiger partial charge in [-0.25, -0.2) is 8.78 Å². The third kappa shape index (κ3) is 2.29. The van der Waals surface area contributed by atoms with Crippen LogP contribution in [0.4, 0.5) is 8.78 Å². The first-order chi connectivity index (χ1) is 6.43. The summed E-state index contributed by atoms with van der Waals surface area (Å²) in [4.78, 5) is 0. The Morgan fingerprint density at radius 1 is 1.36 bits per heavy atom. The van der Waals surface area contributed by atoms with Crippen LogP contribution in [0.5, 0.6) is 0 Å². The topological polar surface area (TPSA) is 46.2 Å². The molecule has 2 atom stereocenters. The molecule has 0 aliphatic heterocycles. The van der Waals surface area contributed by atoms with Crippen molar-refractivity contribution < 1.29 is 13.9 Å². The first-order valence-corrected chi connectivity index (χ1v) is 4.81. The van der Waals surface area contributed by atoms with Gasteiger partial charge in [0.15, 0.2) is 0 Å². The molecule has 0 aliphatic carbocycles. The zero-order chi connectivity index (χ0) is 10.9. The number of aliphatic hydroxyl groups is 1. The van der Waals surface area contributed by atoms with E-state index in [2.05, 4.69) is 15.9 Å². The van der Waals surface area contributed by atoms with Crippen molar-refractivity contribution in [1.82, 2.24) is 0 Å². The first kappa shape index (κ1) is 11.6. The number of nitrogens with two attached hydrogens (primary N) is 1. The number of hydrogen-bond donors (Lipinski definition) is 2. The van der Waals surface area contributed by atoms with E-state index in [-0.39, 0.29) is 10.0 Å². The molecule has 1 rings (SSSR count). The summed E-state index contributed by atoms with van der Waals surface area (Å²) in [5.74, 6) is -1.30. The van der Waals surface area contributed by atoms with Gasteiger partial charge < -0.3 is 10.8 Å². The molecule has 5 heteroatoms. The monoisotopic (exact) mass is 265 g/mol. The first-order valence-electron chi connectivity index (χ1n) is 4.01. The molecule has 1 aromatic carbocycles. The highest BCUT2D eigenvalue weighted by atomic mass is 79.9. The third-order valence-electron chi connectivity index (χ3n) is 1.86. The van der Waals surface area contributed by atoms with Crippen molar-refractivity contribution in [3.63, 3.8) is 0 Å². The molecule has 3 N–H and O–H groups in total. The van der Waals surface area contributed by atoms with Gasteiger partial charge in [-0.1, -0.05) is 0 Å². The second-order valence-corrected chi connectivity index (χ2v) is 3.95. The quantitative estimate of drug-likeness (QED) is 0.805. The Bertz CT molecular complexity index is 344. The molecule has 0 aromatic heterocycles. The van der Waals surface area contributed by atoms with Crippen molar-refractivity contribution in [2.24, 2.45) is 5.73 Å². The van der Waals surface area contributed by atoms with E-state index in [1.165, 1.54) is 6.92 Å². The van der Waals surface area contributed by atoms with Crippen LogP contribution < -0.4 is 5.73 Å². The summed E-state index contributed by atoms with van der Waals surface area (Å²) in [6.07, 6.45) is -1.20. The van der Waals surface area contributed by atoms with Crippen LogP contribution in [0.1, 0.15) is 18.6 Å². The van der Waals surface area contributed by atoms with Gasteiger partial charge in [-0.05, 0) is 35.0 Å². The Morgan fingerprint density at radius 3 is 2.43 bits per heavy atom. The van der Waals surface area contributed by atoms with E-state index in [0.29, 0.717) is 0 Å². The molecular weight excluding hydrogens is 256 g/mol. The molecule has 0 spiro atoms. The van der Waals surface area contributed by atoms with Gasteiger partial charge in [-0.3, -0.25) is 0 Å². The third-order valence-corrected chi connectivity index (χ3v) is 2.46. The van der Waals surface area contributed by atoms with Crippen molar-refractivity contribution in [1.29, 1.82) is 0 Å². The smallest absolute Gasteiger partial charge is 0.137 e. The minimum absolute atomic E-state index is 0.0237. The van der Waals surface area contributed by atoms with E-state index in [9.17, 15) is 13.9 Å². The van der Waals surface area contributed by atoms with Crippen molar-refractivity contribution in [2.75, 3.05) is 0 Å². The van der Waals surface area contributed by atoms with E-state index in [0.717, 1.165) is 12.1 Å². The minimum atomic E-state index is -1.20. The fourth-order valence-electron chi connectivity index (χ4n) is 1.05. The number of hydrogen-bond acceptors (Lipinski definition) is 2. The van der Waals surface area contributed by atoms with E-state index >= 15 is 0 Å². The Morgan fingerprint density at radius 2 is 1.93 bits per heavy atom. The molecule has 0 bridgehead atoms. The maximum Gasteiger partial charge on any atom is 0.137 e. The summed E-state index contributed by atoms with van der Waals surface area (Å²) in [6, 6.07) is 1.26. The fourth-order valence-corrected chi connectivity index (χ4v) is 1.36. The van der Waals surface area contributed by atoms with Crippen LogP contribution in [-0.4, -0.2) is 11.1 Å². The maximum absolute atomic E-state index is 13.2. The van der Waals surface area contributed by atoms with Crippen LogP contribution in [-0.2, 0) is 0 Å². The molecule has 14 heavy (non-hydrogen) atoms. The largest absolute Gasteiger partial charge is 0.387 e. The van der Waals surface area contributed by atoms with E-state index in [1.54, 1.807) is 0 Å². The number of halogens is 3. The summed E-state index contributed by atoms with van der Waals surface area (Å²) in [5, 5.41) is 9.45. The van der Waals surface area contributed by atoms with E-state index in [1.807, 2.05) is 0 Å². The van der Waals surface area contributed by atoms with Crippen LogP contribution in [0.25, 0.3) is 0 Å². The van der Waals surface area contributed by atoms with Gasteiger partial charge in [0.2, 0.25) is 0 Å². The zero-order valence-corrected chi connectivity index (χ0v) is 9.05. The van der Waals surface area contributed by atoms with Gasteiger partial charge in [0.25, 0.3) is 0 Å². The molecule has 0 heterocycles. The van der Waals surface area contributed by atoms with Gasteiger partial charge in [-0.15, -0.1) is 0 Å². The highest BCUT2D eigenvalue weighted by molar-refractivity contribution is 9.10. The van der Waals surface area contributed by atoms with Crippen LogP contribution in [0.3, 0.4) is 0 Å². The Hall–Kier alpha value is -0.520. The van der Waals surface area contributed by atoms with Gasteiger partial charge >= 0.3 is 0 Å². The van der Waals surface area contributed by atoms with Crippen molar-refractivity contribution >= 4 is 15.9 Å². The predicted octanol–water partition coefficient (Wildman–Crippen LogP) is 2.11. The zero-order valence-electron chi connectivity index (χ0n) is 7.47. The lowest BCUT2D eigenvalue weighted by Crippen LogP contribution is -2.25. The molecule has 2 unspecified atom stereocenters. The number of aliphatic hydroxyl groups excluding tert-OH is 1. The molecule has 0 fully saturated rings. The highest BCUT2D eigenvalue weighted by Crippen LogP contribution is 2.25. The van der Waals surface area contributed by atoms with Gasteiger partial charge in [0, 0.05) is 11.6 Å². The second kappa shape index (κ2) is 4.33. The maximum atomic E-state index is 13.2. The molecule has 1 aromatic rings. The number of rotatable bonds is 2. The second-order valence-electron chi connectivity index (χ2n) is 3.09. The molecule has 0 amide bonds. The molecule has 0 saturated carbocycles. The lowest BCUT2D eigenvalue weighted by atomic mass is 10.0. The van der Waals surface area contributed by atoms with Crippen LogP contribution >= 0.6 is 15.9 Å². The van der Waals surface area contributed by atoms with E-state index < -0.39 is 23.8 Å². The summed E-state index contributed by atoms with van der Waals surface area (Å²) < 4.78 is 26.3. The van der Waals surface area contributed by atoms with Crippen molar-refractivity contribution in [3.05, 3.63) is 33.8 Å². The highest BCUT2D eigenvalue weighted by Gasteiger charge is 2.18. The minimum Gasteiger partial charge on any atom is -0.387 e. The van der Waals surface area contributed by atoms with Gasteiger partial charge in [0.1, 0.15) is 11.6 Å². The molecule has 0 aliphatic rings. The lowest BCUT2D eigenvalue weighted by molar-refractivity contribution is 0.148. The Labute approximate surface area is 88.9 Å². The van der Waals surface area contributed by atoms with Gasteiger partial charge in [-0.2, -0.15) is 0 Å². The molecular formula is C9H10BrF2NO. The normalized spacial score (nSPS) is 15.3. The molecule has 0 radical (unpaired) electrons. The van der Waals surface area contributed by atoms with Crippen LogP contribution in [0.2, 0.25) is 0 Å². The SMILES string of the molecule is CC(N)C(O)c1cc(F)c(Br)cc1F. The number of benzene rings is 1. The summed E-state index contributed by atoms with van der Waals surface area (Å²) in [7, 11) is 0. The lowest BCUT2D eigenvalue weighted by Gasteiger charge is -2.15. The average molecular weight is 266 g/mol. The summed E-state index contributed by atoms with van der Waals surface area (Å²) in [6.45, 7) is 1.52. The molecule has 2 nitrogen and oxygen atoms in total. The van der Waals surface area contributed by atoms with Crippen molar-refractivity contribution in [2.45, 2.75) is 19.1 Å². The van der Waals surface area contributed by atoms with Crippen LogP contribution in [0.15, 0.2) is 16.6 Å². The summed E-state index contributed by atoms with van der Waals surface area (Å²) >= 11 is 2.84. The molecule has 0 saturated heterocycles. The average Bonchev–Trinajstić information content (AvgIpc) is 2.10. The van der Waals surface area contributed by atoms with E-state index in [4.69, 9.17) is 5.73 Å². The standard InChI is InChI=1S/C9H10BrF2NO/c1-4(13)9(14)5-2-8(12)6(10)3-7(5)11/h2-4,9,14H,13H2,1H3. The van der Waals surface area contributed by atoms with Crippen LogP contribution in [0, 0.1) is 11.6 Å². The molecule has 78 valence electrons. The van der Waals surface area contributed by atoms with Crippen molar-refractivity contribution in [3.8, 4) is 0 Å². The predicted molar refractivity (Wildman–Crippen MR) is 52.7 cm³/mol.